The van der Waals surface area contributed by atoms with Crippen LogP contribution in [0.1, 0.15) is 30.6 Å². The van der Waals surface area contributed by atoms with E-state index < -0.39 is 11.6 Å². The Labute approximate surface area is 156 Å². The molecule has 1 N–H and O–H groups in total. The Balaban J connectivity index is 1.34. The van der Waals surface area contributed by atoms with Gasteiger partial charge in [0.15, 0.2) is 16.8 Å². The van der Waals surface area contributed by atoms with Gasteiger partial charge in [-0.2, -0.15) is 0 Å². The normalized spacial score (nSPS) is 21.3. The minimum atomic E-state index is -0.806. The summed E-state index contributed by atoms with van der Waals surface area (Å²) in [4.78, 5) is 10.7. The second-order valence-electron chi connectivity index (χ2n) is 7.15. The summed E-state index contributed by atoms with van der Waals surface area (Å²) >= 11 is 1.79. The topological polar surface area (TPSA) is 31.4 Å². The predicted octanol–water partition coefficient (Wildman–Crippen LogP) is 4.10. The van der Waals surface area contributed by atoms with Gasteiger partial charge in [0.05, 0.1) is 0 Å². The van der Waals surface area contributed by atoms with Crippen LogP contribution < -0.4 is 10.2 Å². The number of thiazole rings is 1. The molecule has 2 aliphatic rings. The van der Waals surface area contributed by atoms with E-state index in [-0.39, 0.29) is 6.04 Å². The number of nitrogens with zero attached hydrogens (tertiary/aromatic N) is 3. The quantitative estimate of drug-likeness (QED) is 0.849. The summed E-state index contributed by atoms with van der Waals surface area (Å²) in [5.41, 5.74) is 0.643. The fourth-order valence-corrected chi connectivity index (χ4v) is 4.79. The number of halogens is 2. The number of aromatic nitrogens is 1. The average Bonchev–Trinajstić information content (AvgIpc) is 3.30. The van der Waals surface area contributed by atoms with Crippen LogP contribution in [0.4, 0.5) is 19.6 Å². The van der Waals surface area contributed by atoms with E-state index in [2.05, 4.69) is 20.1 Å². The van der Waals surface area contributed by atoms with Crippen LogP contribution in [0, 0.1) is 11.6 Å². The molecule has 140 valence electrons. The van der Waals surface area contributed by atoms with Gasteiger partial charge < -0.3 is 10.2 Å². The third-order valence-corrected chi connectivity index (χ3v) is 6.14. The molecule has 0 bridgehead atoms. The van der Waals surface area contributed by atoms with Crippen LogP contribution in [0.3, 0.4) is 0 Å². The second-order valence-corrected chi connectivity index (χ2v) is 8.24. The van der Waals surface area contributed by atoms with E-state index in [1.165, 1.54) is 29.9 Å². The van der Waals surface area contributed by atoms with Gasteiger partial charge in [-0.15, -0.1) is 11.3 Å². The van der Waals surface area contributed by atoms with Crippen LogP contribution in [-0.4, -0.2) is 42.1 Å². The standard InChI is InChI=1S/C19H24F2N4S/c20-17-6-5-14(10-18(17)21)23-15-4-3-7-24(12-15)13-16-11-22-19(26-16)25-8-1-2-9-25/h5-6,10-11,15,23H,1-4,7-9,12-13H2/t15-/m1/s1. The minimum Gasteiger partial charge on any atom is -0.381 e. The van der Waals surface area contributed by atoms with Crippen LogP contribution in [-0.2, 0) is 6.54 Å². The number of hydrogen-bond donors (Lipinski definition) is 1. The number of nitrogens with one attached hydrogen (secondary N) is 1. The summed E-state index contributed by atoms with van der Waals surface area (Å²) in [7, 11) is 0. The van der Waals surface area contributed by atoms with Crippen molar-refractivity contribution in [2.75, 3.05) is 36.4 Å². The third-order valence-electron chi connectivity index (χ3n) is 5.09. The number of rotatable bonds is 5. The van der Waals surface area contributed by atoms with Gasteiger partial charge in [0.2, 0.25) is 0 Å². The molecule has 26 heavy (non-hydrogen) atoms. The van der Waals surface area contributed by atoms with E-state index in [0.717, 1.165) is 50.7 Å². The van der Waals surface area contributed by atoms with Crippen molar-refractivity contribution >= 4 is 22.2 Å². The average molecular weight is 378 g/mol. The minimum absolute atomic E-state index is 0.250. The van der Waals surface area contributed by atoms with Gasteiger partial charge in [0.1, 0.15) is 0 Å². The van der Waals surface area contributed by atoms with Crippen molar-refractivity contribution in [1.82, 2.24) is 9.88 Å². The van der Waals surface area contributed by atoms with Crippen molar-refractivity contribution in [2.45, 2.75) is 38.3 Å². The fourth-order valence-electron chi connectivity index (χ4n) is 3.78. The molecule has 2 aromatic rings. The number of benzene rings is 1. The largest absolute Gasteiger partial charge is 0.381 e. The molecule has 1 aromatic heterocycles. The summed E-state index contributed by atoms with van der Waals surface area (Å²) < 4.78 is 26.5. The molecule has 0 spiro atoms. The maximum Gasteiger partial charge on any atom is 0.185 e. The van der Waals surface area contributed by atoms with Gasteiger partial charge in [0, 0.05) is 55.0 Å². The number of piperidine rings is 1. The molecule has 4 nitrogen and oxygen atoms in total. The van der Waals surface area contributed by atoms with Crippen molar-refractivity contribution in [1.29, 1.82) is 0 Å². The van der Waals surface area contributed by atoms with Gasteiger partial charge in [-0.3, -0.25) is 4.90 Å². The zero-order chi connectivity index (χ0) is 17.9. The Hall–Kier alpha value is -1.73. The van der Waals surface area contributed by atoms with E-state index in [9.17, 15) is 8.78 Å². The Morgan fingerprint density at radius 3 is 2.77 bits per heavy atom. The highest BCUT2D eigenvalue weighted by molar-refractivity contribution is 7.15. The Morgan fingerprint density at radius 1 is 1.12 bits per heavy atom. The number of anilines is 2. The van der Waals surface area contributed by atoms with Gasteiger partial charge >= 0.3 is 0 Å². The van der Waals surface area contributed by atoms with E-state index in [4.69, 9.17) is 0 Å². The molecule has 2 aliphatic heterocycles. The van der Waals surface area contributed by atoms with Gasteiger partial charge in [-0.1, -0.05) is 0 Å². The first-order chi connectivity index (χ1) is 12.7. The fraction of sp³-hybridized carbons (Fsp3) is 0.526. The molecule has 1 aromatic carbocycles. The number of hydrogen-bond acceptors (Lipinski definition) is 5. The van der Waals surface area contributed by atoms with Crippen molar-refractivity contribution in [3.05, 3.63) is 40.9 Å². The van der Waals surface area contributed by atoms with Crippen molar-refractivity contribution in [3.63, 3.8) is 0 Å². The molecule has 0 aliphatic carbocycles. The zero-order valence-corrected chi connectivity index (χ0v) is 15.6. The monoisotopic (exact) mass is 378 g/mol. The van der Waals surface area contributed by atoms with E-state index in [1.54, 1.807) is 17.4 Å². The molecular weight excluding hydrogens is 354 g/mol. The van der Waals surface area contributed by atoms with Gasteiger partial charge in [-0.05, 0) is 44.4 Å². The maximum atomic E-state index is 13.4. The maximum absolute atomic E-state index is 13.4. The Morgan fingerprint density at radius 2 is 1.96 bits per heavy atom. The van der Waals surface area contributed by atoms with E-state index in [1.807, 2.05) is 6.20 Å². The molecule has 2 saturated heterocycles. The molecular formula is C19H24F2N4S. The molecule has 3 heterocycles. The highest BCUT2D eigenvalue weighted by Crippen LogP contribution is 2.27. The van der Waals surface area contributed by atoms with Crippen molar-refractivity contribution < 1.29 is 8.78 Å². The summed E-state index contributed by atoms with van der Waals surface area (Å²) in [6, 6.07) is 4.26. The highest BCUT2D eigenvalue weighted by Gasteiger charge is 2.22. The van der Waals surface area contributed by atoms with E-state index >= 15 is 0 Å². The van der Waals surface area contributed by atoms with Gasteiger partial charge in [0.25, 0.3) is 0 Å². The lowest BCUT2D eigenvalue weighted by atomic mass is 10.1. The summed E-state index contributed by atoms with van der Waals surface area (Å²) in [5.74, 6) is -1.61. The van der Waals surface area contributed by atoms with Crippen LogP contribution in [0.25, 0.3) is 0 Å². The van der Waals surface area contributed by atoms with Crippen molar-refractivity contribution in [2.24, 2.45) is 0 Å². The second kappa shape index (κ2) is 7.88. The number of likely N-dealkylation sites (tertiary alicyclic amines) is 1. The zero-order valence-electron chi connectivity index (χ0n) is 14.8. The molecule has 0 amide bonds. The first-order valence-corrected chi connectivity index (χ1v) is 10.1. The summed E-state index contributed by atoms with van der Waals surface area (Å²) in [6.07, 6.45) is 6.66. The van der Waals surface area contributed by atoms with Crippen LogP contribution in [0.5, 0.6) is 0 Å². The van der Waals surface area contributed by atoms with Crippen molar-refractivity contribution in [3.8, 4) is 0 Å². The molecule has 0 radical (unpaired) electrons. The Kier molecular flexibility index (Phi) is 5.36. The molecule has 7 heteroatoms. The molecule has 1 atom stereocenters. The smallest absolute Gasteiger partial charge is 0.185 e. The lowest BCUT2D eigenvalue weighted by Crippen LogP contribution is -2.41. The van der Waals surface area contributed by atoms with Gasteiger partial charge in [-0.25, -0.2) is 13.8 Å². The van der Waals surface area contributed by atoms with Crippen LogP contribution in [0.2, 0.25) is 0 Å². The molecule has 0 unspecified atom stereocenters. The summed E-state index contributed by atoms with van der Waals surface area (Å²) in [5, 5.41) is 4.49. The third kappa shape index (κ3) is 4.15. The van der Waals surface area contributed by atoms with E-state index in [0.29, 0.717) is 5.69 Å². The SMILES string of the molecule is Fc1ccc(N[C@@H]2CCCN(Cc3cnc(N4CCCC4)s3)C2)cc1F. The van der Waals surface area contributed by atoms with Crippen LogP contribution in [0.15, 0.2) is 24.4 Å². The Bertz CT molecular complexity index is 745. The summed E-state index contributed by atoms with van der Waals surface area (Å²) in [6.45, 7) is 5.11. The molecule has 0 saturated carbocycles. The molecule has 4 rings (SSSR count). The lowest BCUT2D eigenvalue weighted by molar-refractivity contribution is 0.210. The predicted molar refractivity (Wildman–Crippen MR) is 102 cm³/mol. The first kappa shape index (κ1) is 17.7. The highest BCUT2D eigenvalue weighted by atomic mass is 32.1. The van der Waals surface area contributed by atoms with Crippen LogP contribution >= 0.6 is 11.3 Å². The lowest BCUT2D eigenvalue weighted by Gasteiger charge is -2.33. The first-order valence-electron chi connectivity index (χ1n) is 9.31. The molecule has 2 fully saturated rings.